The predicted octanol–water partition coefficient (Wildman–Crippen LogP) is 3.21. The Bertz CT molecular complexity index is 356. The van der Waals surface area contributed by atoms with Gasteiger partial charge in [-0.3, -0.25) is 4.68 Å². The van der Waals surface area contributed by atoms with Crippen LogP contribution >= 0.6 is 11.6 Å². The number of rotatable bonds is 7. The number of nitrogens with zero attached hydrogens (tertiary/aromatic N) is 2. The van der Waals surface area contributed by atoms with Gasteiger partial charge >= 0.3 is 0 Å². The largest absolute Gasteiger partial charge is 0.316 e. The zero-order chi connectivity index (χ0) is 12.7. The van der Waals surface area contributed by atoms with E-state index in [1.807, 2.05) is 4.68 Å². The molecular weight excluding hydrogens is 234 g/mol. The Balaban J connectivity index is 2.35. The highest BCUT2D eigenvalue weighted by Gasteiger charge is 2.03. The fraction of sp³-hybridized carbons (Fsp3) is 0.615. The Morgan fingerprint density at radius 2 is 2.29 bits per heavy atom. The number of aryl methyl sites for hydroxylation is 1. The molecule has 0 aromatic carbocycles. The summed E-state index contributed by atoms with van der Waals surface area (Å²) in [4.78, 5) is 0. The van der Waals surface area contributed by atoms with Crippen LogP contribution in [0.5, 0.6) is 0 Å². The highest BCUT2D eigenvalue weighted by molar-refractivity contribution is 6.31. The first-order valence-electron chi connectivity index (χ1n) is 6.23. The monoisotopic (exact) mass is 255 g/mol. The Hall–Kier alpha value is -0.800. The summed E-state index contributed by atoms with van der Waals surface area (Å²) in [5, 5.41) is 8.31. The predicted molar refractivity (Wildman–Crippen MR) is 74.3 cm³/mol. The first-order valence-corrected chi connectivity index (χ1v) is 6.61. The van der Waals surface area contributed by atoms with Crippen LogP contribution in [0.3, 0.4) is 0 Å². The molecule has 0 fully saturated rings. The van der Waals surface area contributed by atoms with Gasteiger partial charge in [0.1, 0.15) is 0 Å². The van der Waals surface area contributed by atoms with E-state index in [9.17, 15) is 0 Å². The molecule has 1 heterocycles. The SMILES string of the molecule is CCn1ncc(Cl)c1/C=C/CCNCC(C)C. The van der Waals surface area contributed by atoms with Crippen molar-refractivity contribution >= 4 is 17.7 Å². The standard InChI is InChI=1S/C13H22ClN3/c1-4-17-13(12(14)10-16-17)7-5-6-8-15-9-11(2)3/h5,7,10-11,15H,4,6,8-9H2,1-3H3/b7-5+. The van der Waals surface area contributed by atoms with E-state index >= 15 is 0 Å². The minimum Gasteiger partial charge on any atom is -0.316 e. The van der Waals surface area contributed by atoms with Crippen molar-refractivity contribution in [1.29, 1.82) is 0 Å². The van der Waals surface area contributed by atoms with E-state index in [2.05, 4.69) is 43.3 Å². The molecule has 0 aliphatic rings. The van der Waals surface area contributed by atoms with Crippen LogP contribution in [-0.4, -0.2) is 22.9 Å². The van der Waals surface area contributed by atoms with E-state index in [1.165, 1.54) is 0 Å². The molecule has 4 heteroatoms. The fourth-order valence-corrected chi connectivity index (χ4v) is 1.76. The van der Waals surface area contributed by atoms with E-state index in [-0.39, 0.29) is 0 Å². The van der Waals surface area contributed by atoms with E-state index < -0.39 is 0 Å². The van der Waals surface area contributed by atoms with Crippen LogP contribution in [0.4, 0.5) is 0 Å². The Morgan fingerprint density at radius 1 is 1.53 bits per heavy atom. The maximum Gasteiger partial charge on any atom is 0.0859 e. The molecule has 0 bridgehead atoms. The summed E-state index contributed by atoms with van der Waals surface area (Å²) >= 11 is 6.06. The minimum absolute atomic E-state index is 0.704. The molecule has 96 valence electrons. The normalized spacial score (nSPS) is 11.8. The quantitative estimate of drug-likeness (QED) is 0.759. The summed E-state index contributed by atoms with van der Waals surface area (Å²) in [5.41, 5.74) is 0.998. The van der Waals surface area contributed by atoms with Crippen molar-refractivity contribution in [2.45, 2.75) is 33.7 Å². The number of hydrogen-bond donors (Lipinski definition) is 1. The summed E-state index contributed by atoms with van der Waals surface area (Å²) < 4.78 is 1.90. The maximum absolute atomic E-state index is 6.06. The second-order valence-electron chi connectivity index (χ2n) is 4.48. The molecule has 0 spiro atoms. The third-order valence-corrected chi connectivity index (χ3v) is 2.74. The van der Waals surface area contributed by atoms with Crippen LogP contribution < -0.4 is 5.32 Å². The first kappa shape index (κ1) is 14.3. The van der Waals surface area contributed by atoms with Crippen molar-refractivity contribution < 1.29 is 0 Å². The van der Waals surface area contributed by atoms with Crippen molar-refractivity contribution in [3.63, 3.8) is 0 Å². The van der Waals surface area contributed by atoms with E-state index in [1.54, 1.807) is 6.20 Å². The lowest BCUT2D eigenvalue weighted by Crippen LogP contribution is -2.20. The lowest BCUT2D eigenvalue weighted by atomic mass is 10.2. The first-order chi connectivity index (χ1) is 8.15. The smallest absolute Gasteiger partial charge is 0.0859 e. The van der Waals surface area contributed by atoms with E-state index in [4.69, 9.17) is 11.6 Å². The Morgan fingerprint density at radius 3 is 2.94 bits per heavy atom. The maximum atomic E-state index is 6.06. The lowest BCUT2D eigenvalue weighted by Gasteiger charge is -2.05. The molecule has 0 aliphatic heterocycles. The highest BCUT2D eigenvalue weighted by atomic mass is 35.5. The van der Waals surface area contributed by atoms with Crippen LogP contribution in [0, 0.1) is 5.92 Å². The molecule has 0 radical (unpaired) electrons. The van der Waals surface area contributed by atoms with Gasteiger partial charge in [0.2, 0.25) is 0 Å². The van der Waals surface area contributed by atoms with Crippen molar-refractivity contribution in [3.05, 3.63) is 23.0 Å². The topological polar surface area (TPSA) is 29.9 Å². The highest BCUT2D eigenvalue weighted by Crippen LogP contribution is 2.16. The molecule has 3 nitrogen and oxygen atoms in total. The van der Waals surface area contributed by atoms with Gasteiger partial charge in [-0.25, -0.2) is 0 Å². The zero-order valence-corrected chi connectivity index (χ0v) is 11.7. The fourth-order valence-electron chi connectivity index (χ4n) is 1.56. The molecule has 1 aromatic heterocycles. The average molecular weight is 256 g/mol. The zero-order valence-electron chi connectivity index (χ0n) is 10.9. The molecule has 0 saturated carbocycles. The summed E-state index contributed by atoms with van der Waals surface area (Å²) in [5.74, 6) is 0.704. The third kappa shape index (κ3) is 4.92. The molecule has 1 rings (SSSR count). The van der Waals surface area contributed by atoms with Crippen LogP contribution in [0.15, 0.2) is 12.3 Å². The molecule has 0 saturated heterocycles. The molecule has 17 heavy (non-hydrogen) atoms. The van der Waals surface area contributed by atoms with Gasteiger partial charge in [0.25, 0.3) is 0 Å². The van der Waals surface area contributed by atoms with Gasteiger partial charge in [0, 0.05) is 6.54 Å². The molecule has 1 N–H and O–H groups in total. The average Bonchev–Trinajstić information content (AvgIpc) is 2.64. The van der Waals surface area contributed by atoms with Gasteiger partial charge < -0.3 is 5.32 Å². The van der Waals surface area contributed by atoms with Gasteiger partial charge in [-0.15, -0.1) is 0 Å². The van der Waals surface area contributed by atoms with Crippen molar-refractivity contribution in [2.75, 3.05) is 13.1 Å². The van der Waals surface area contributed by atoms with Crippen molar-refractivity contribution in [2.24, 2.45) is 5.92 Å². The van der Waals surface area contributed by atoms with Crippen LogP contribution in [0.1, 0.15) is 32.9 Å². The minimum atomic E-state index is 0.704. The second kappa shape index (κ2) is 7.51. The van der Waals surface area contributed by atoms with Gasteiger partial charge in [-0.2, -0.15) is 5.10 Å². The lowest BCUT2D eigenvalue weighted by molar-refractivity contribution is 0.557. The number of halogens is 1. The van der Waals surface area contributed by atoms with Crippen molar-refractivity contribution in [3.8, 4) is 0 Å². The van der Waals surface area contributed by atoms with Crippen molar-refractivity contribution in [1.82, 2.24) is 15.1 Å². The van der Waals surface area contributed by atoms with Gasteiger partial charge in [0.15, 0.2) is 0 Å². The second-order valence-corrected chi connectivity index (χ2v) is 4.89. The molecule has 0 atom stereocenters. The summed E-state index contributed by atoms with van der Waals surface area (Å²) in [6.07, 6.45) is 6.90. The van der Waals surface area contributed by atoms with Crippen LogP contribution in [-0.2, 0) is 6.54 Å². The Kier molecular flexibility index (Phi) is 6.30. The van der Waals surface area contributed by atoms with Crippen LogP contribution in [0.2, 0.25) is 5.02 Å². The number of hydrogen-bond acceptors (Lipinski definition) is 2. The molecule has 0 unspecified atom stereocenters. The number of aromatic nitrogens is 2. The molecule has 0 amide bonds. The summed E-state index contributed by atoms with van der Waals surface area (Å²) in [7, 11) is 0. The van der Waals surface area contributed by atoms with Gasteiger partial charge in [-0.1, -0.05) is 31.5 Å². The number of nitrogens with one attached hydrogen (secondary N) is 1. The van der Waals surface area contributed by atoms with E-state index in [0.717, 1.165) is 36.8 Å². The van der Waals surface area contributed by atoms with E-state index in [0.29, 0.717) is 5.92 Å². The summed E-state index contributed by atoms with van der Waals surface area (Å²) in [6, 6.07) is 0. The van der Waals surface area contributed by atoms with Gasteiger partial charge in [0.05, 0.1) is 16.9 Å². The van der Waals surface area contributed by atoms with Gasteiger partial charge in [-0.05, 0) is 38.4 Å². The molecule has 0 aliphatic carbocycles. The molecular formula is C13H22ClN3. The molecule has 1 aromatic rings. The summed E-state index contributed by atoms with van der Waals surface area (Å²) in [6.45, 7) is 9.40. The van der Waals surface area contributed by atoms with Crippen LogP contribution in [0.25, 0.3) is 6.08 Å². The third-order valence-electron chi connectivity index (χ3n) is 2.45. The Labute approximate surface area is 109 Å².